The Kier molecular flexibility index (Phi) is 4.25. The highest BCUT2D eigenvalue weighted by molar-refractivity contribution is 5.94. The number of carbonyl (C=O) groups excluding carboxylic acids is 1. The molecule has 0 aliphatic carbocycles. The molecule has 1 amide bonds. The Labute approximate surface area is 92.7 Å². The van der Waals surface area contributed by atoms with E-state index in [1.54, 1.807) is 6.92 Å². The van der Waals surface area contributed by atoms with Crippen molar-refractivity contribution in [3.63, 3.8) is 0 Å². The number of amides is 1. The van der Waals surface area contributed by atoms with E-state index in [1.165, 1.54) is 12.1 Å². The number of rotatable bonds is 4. The lowest BCUT2D eigenvalue weighted by Gasteiger charge is -2.14. The number of aliphatic hydroxyl groups is 1. The van der Waals surface area contributed by atoms with Gasteiger partial charge in [-0.05, 0) is 18.6 Å². The number of hydrogen-bond donors (Lipinski definition) is 3. The molecule has 0 aliphatic heterocycles. The Morgan fingerprint density at radius 2 is 2.25 bits per heavy atom. The van der Waals surface area contributed by atoms with Crippen LogP contribution in [0.2, 0.25) is 0 Å². The molecule has 0 heterocycles. The first-order valence-corrected chi connectivity index (χ1v) is 4.98. The number of aliphatic hydroxyl groups excluding tert-OH is 1. The van der Waals surface area contributed by atoms with Gasteiger partial charge in [0, 0.05) is 6.07 Å². The lowest BCUT2D eigenvalue weighted by Crippen LogP contribution is -2.37. The summed E-state index contributed by atoms with van der Waals surface area (Å²) in [6.45, 7) is 1.61. The molecule has 1 atom stereocenters. The number of phenols is 1. The van der Waals surface area contributed by atoms with E-state index in [0.717, 1.165) is 6.07 Å². The monoisotopic (exact) mass is 227 g/mol. The molecule has 1 unspecified atom stereocenters. The molecule has 1 aromatic rings. The van der Waals surface area contributed by atoms with Crippen molar-refractivity contribution in [1.82, 2.24) is 5.32 Å². The summed E-state index contributed by atoms with van der Waals surface area (Å²) in [5, 5.41) is 20.4. The Hall–Kier alpha value is -1.62. The van der Waals surface area contributed by atoms with Crippen molar-refractivity contribution < 1.29 is 19.4 Å². The normalized spacial score (nSPS) is 12.2. The van der Waals surface area contributed by atoms with E-state index in [4.69, 9.17) is 10.2 Å². The third kappa shape index (κ3) is 2.93. The molecule has 0 aliphatic rings. The van der Waals surface area contributed by atoms with Crippen molar-refractivity contribution in [1.29, 1.82) is 0 Å². The van der Waals surface area contributed by atoms with E-state index in [0.29, 0.717) is 6.42 Å². The van der Waals surface area contributed by atoms with E-state index in [1.807, 2.05) is 0 Å². The van der Waals surface area contributed by atoms with Crippen LogP contribution in [0.3, 0.4) is 0 Å². The smallest absolute Gasteiger partial charge is 0.254 e. The molecule has 4 nitrogen and oxygen atoms in total. The summed E-state index contributed by atoms with van der Waals surface area (Å²) in [6.07, 6.45) is 0.557. The van der Waals surface area contributed by atoms with Crippen LogP contribution < -0.4 is 5.32 Å². The van der Waals surface area contributed by atoms with E-state index in [2.05, 4.69) is 5.32 Å². The van der Waals surface area contributed by atoms with E-state index in [9.17, 15) is 9.18 Å². The van der Waals surface area contributed by atoms with Gasteiger partial charge in [-0.25, -0.2) is 4.39 Å². The average molecular weight is 227 g/mol. The molecule has 5 heteroatoms. The standard InChI is InChI=1S/C11H14FNO3/c1-2-7(6-14)13-11(16)9-4-3-8(15)5-10(9)12/h3-5,7,14-15H,2,6H2,1H3,(H,13,16). The summed E-state index contributed by atoms with van der Waals surface area (Å²) in [4.78, 5) is 11.6. The first-order valence-electron chi connectivity index (χ1n) is 4.98. The second-order valence-electron chi connectivity index (χ2n) is 3.43. The number of halogens is 1. The fraction of sp³-hybridized carbons (Fsp3) is 0.364. The Morgan fingerprint density at radius 1 is 1.56 bits per heavy atom. The van der Waals surface area contributed by atoms with E-state index in [-0.39, 0.29) is 24.0 Å². The molecular formula is C11H14FNO3. The highest BCUT2D eigenvalue weighted by atomic mass is 19.1. The third-order valence-electron chi connectivity index (χ3n) is 2.25. The molecule has 88 valence electrons. The summed E-state index contributed by atoms with van der Waals surface area (Å²) in [5.41, 5.74) is -0.148. The minimum absolute atomic E-state index is 0.148. The molecule has 1 aromatic carbocycles. The van der Waals surface area contributed by atoms with Crippen LogP contribution in [0.1, 0.15) is 23.7 Å². The highest BCUT2D eigenvalue weighted by Gasteiger charge is 2.15. The summed E-state index contributed by atoms with van der Waals surface area (Å²) in [5.74, 6) is -1.62. The first kappa shape index (κ1) is 12.4. The fourth-order valence-electron chi connectivity index (χ4n) is 1.23. The van der Waals surface area contributed by atoms with Crippen LogP contribution in [0.15, 0.2) is 18.2 Å². The van der Waals surface area contributed by atoms with Gasteiger partial charge in [0.25, 0.3) is 5.91 Å². The Bertz CT molecular complexity index is 377. The number of benzene rings is 1. The van der Waals surface area contributed by atoms with E-state index < -0.39 is 11.7 Å². The topological polar surface area (TPSA) is 69.6 Å². The van der Waals surface area contributed by atoms with Crippen molar-refractivity contribution in [2.45, 2.75) is 19.4 Å². The van der Waals surface area contributed by atoms with Crippen LogP contribution in [-0.4, -0.2) is 28.8 Å². The van der Waals surface area contributed by atoms with Gasteiger partial charge in [0.15, 0.2) is 0 Å². The van der Waals surface area contributed by atoms with Crippen LogP contribution in [0.4, 0.5) is 4.39 Å². The molecule has 0 saturated carbocycles. The van der Waals surface area contributed by atoms with Gasteiger partial charge in [-0.1, -0.05) is 6.92 Å². The van der Waals surface area contributed by atoms with Gasteiger partial charge in [-0.2, -0.15) is 0 Å². The van der Waals surface area contributed by atoms with Crippen LogP contribution in [0.5, 0.6) is 5.75 Å². The quantitative estimate of drug-likeness (QED) is 0.719. The molecule has 0 saturated heterocycles. The lowest BCUT2D eigenvalue weighted by molar-refractivity contribution is 0.0911. The maximum Gasteiger partial charge on any atom is 0.254 e. The van der Waals surface area contributed by atoms with Gasteiger partial charge in [0.1, 0.15) is 11.6 Å². The Morgan fingerprint density at radius 3 is 2.75 bits per heavy atom. The number of phenolic OH excluding ortho intramolecular Hbond substituents is 1. The van der Waals surface area contributed by atoms with Crippen molar-refractivity contribution in [2.24, 2.45) is 0 Å². The SMILES string of the molecule is CCC(CO)NC(=O)c1ccc(O)cc1F. The number of aromatic hydroxyl groups is 1. The summed E-state index contributed by atoms with van der Waals surface area (Å²) in [7, 11) is 0. The average Bonchev–Trinajstić information content (AvgIpc) is 2.25. The predicted octanol–water partition coefficient (Wildman–Crippen LogP) is 1.03. The van der Waals surface area contributed by atoms with Crippen molar-refractivity contribution >= 4 is 5.91 Å². The first-order chi connectivity index (χ1) is 7.58. The largest absolute Gasteiger partial charge is 0.508 e. The Balaban J connectivity index is 2.80. The zero-order valence-corrected chi connectivity index (χ0v) is 8.90. The summed E-state index contributed by atoms with van der Waals surface area (Å²) >= 11 is 0. The van der Waals surface area contributed by atoms with Gasteiger partial charge in [-0.15, -0.1) is 0 Å². The van der Waals surface area contributed by atoms with Gasteiger partial charge in [0.05, 0.1) is 18.2 Å². The summed E-state index contributed by atoms with van der Waals surface area (Å²) < 4.78 is 13.3. The molecule has 1 rings (SSSR count). The van der Waals surface area contributed by atoms with Crippen molar-refractivity contribution in [3.8, 4) is 5.75 Å². The van der Waals surface area contributed by atoms with Crippen LogP contribution in [-0.2, 0) is 0 Å². The number of carbonyl (C=O) groups is 1. The summed E-state index contributed by atoms with van der Waals surface area (Å²) in [6, 6.07) is 2.91. The van der Waals surface area contributed by atoms with Gasteiger partial charge in [0.2, 0.25) is 0 Å². The molecule has 3 N–H and O–H groups in total. The van der Waals surface area contributed by atoms with Crippen LogP contribution in [0.25, 0.3) is 0 Å². The molecule has 16 heavy (non-hydrogen) atoms. The third-order valence-corrected chi connectivity index (χ3v) is 2.25. The van der Waals surface area contributed by atoms with Crippen LogP contribution in [0, 0.1) is 5.82 Å². The minimum Gasteiger partial charge on any atom is -0.508 e. The number of hydrogen-bond acceptors (Lipinski definition) is 3. The lowest BCUT2D eigenvalue weighted by atomic mass is 10.1. The molecule has 0 aromatic heterocycles. The maximum atomic E-state index is 13.3. The van der Waals surface area contributed by atoms with Gasteiger partial charge < -0.3 is 15.5 Å². The highest BCUT2D eigenvalue weighted by Crippen LogP contribution is 2.15. The molecule has 0 spiro atoms. The zero-order chi connectivity index (χ0) is 12.1. The molecular weight excluding hydrogens is 213 g/mol. The molecule has 0 fully saturated rings. The van der Waals surface area contributed by atoms with Crippen molar-refractivity contribution in [3.05, 3.63) is 29.6 Å². The van der Waals surface area contributed by atoms with Crippen LogP contribution >= 0.6 is 0 Å². The molecule has 0 radical (unpaired) electrons. The van der Waals surface area contributed by atoms with Gasteiger partial charge in [-0.3, -0.25) is 4.79 Å². The molecule has 0 bridgehead atoms. The minimum atomic E-state index is -0.787. The second-order valence-corrected chi connectivity index (χ2v) is 3.43. The van der Waals surface area contributed by atoms with E-state index >= 15 is 0 Å². The fourth-order valence-corrected chi connectivity index (χ4v) is 1.23. The van der Waals surface area contributed by atoms with Crippen molar-refractivity contribution in [2.75, 3.05) is 6.61 Å². The maximum absolute atomic E-state index is 13.3. The predicted molar refractivity (Wildman–Crippen MR) is 56.7 cm³/mol. The number of nitrogens with one attached hydrogen (secondary N) is 1. The zero-order valence-electron chi connectivity index (χ0n) is 8.90. The van der Waals surface area contributed by atoms with Gasteiger partial charge >= 0.3 is 0 Å². The second kappa shape index (κ2) is 5.46.